The maximum Gasteiger partial charge on any atom is 0.247 e. The average Bonchev–Trinajstić information content (AvgIpc) is 3.59. The van der Waals surface area contributed by atoms with E-state index in [1.54, 1.807) is 12.0 Å². The van der Waals surface area contributed by atoms with Gasteiger partial charge in [-0.3, -0.25) is 14.5 Å². The van der Waals surface area contributed by atoms with Gasteiger partial charge in [-0.15, -0.1) is 0 Å². The zero-order valence-corrected chi connectivity index (χ0v) is 20.7. The van der Waals surface area contributed by atoms with Crippen LogP contribution in [0.25, 0.3) is 5.69 Å². The molecular weight excluding hydrogens is 438 g/mol. The molecule has 5 rings (SSSR count). The number of nitrogens with zero attached hydrogens (tertiary/aromatic N) is 3. The number of hydrogen-bond donors (Lipinski definition) is 0. The second-order valence-corrected chi connectivity index (χ2v) is 9.77. The number of anilines is 1. The third kappa shape index (κ3) is 4.22. The molecule has 1 fully saturated rings. The monoisotopic (exact) mass is 471 g/mol. The summed E-state index contributed by atoms with van der Waals surface area (Å²) in [6.45, 7) is 4.06. The number of carbonyl (C=O) groups is 2. The molecule has 0 spiro atoms. The van der Waals surface area contributed by atoms with E-state index in [1.807, 2.05) is 79.5 Å². The lowest BCUT2D eigenvalue weighted by Gasteiger charge is -2.40. The Hall–Kier alpha value is -3.54. The molecule has 2 heterocycles. The van der Waals surface area contributed by atoms with Gasteiger partial charge in [-0.05, 0) is 68.7 Å². The van der Waals surface area contributed by atoms with Crippen LogP contribution >= 0.6 is 0 Å². The second-order valence-electron chi connectivity index (χ2n) is 9.77. The molecule has 6 heteroatoms. The van der Waals surface area contributed by atoms with Crippen molar-refractivity contribution in [3.8, 4) is 11.4 Å². The molecule has 1 saturated carbocycles. The van der Waals surface area contributed by atoms with Crippen LogP contribution in [0.2, 0.25) is 0 Å². The molecule has 2 aliphatic rings. The Bertz CT molecular complexity index is 1210. The Morgan fingerprint density at radius 3 is 2.31 bits per heavy atom. The van der Waals surface area contributed by atoms with Crippen molar-refractivity contribution in [3.05, 3.63) is 78.1 Å². The quantitative estimate of drug-likeness (QED) is 0.487. The van der Waals surface area contributed by atoms with Gasteiger partial charge in [0.1, 0.15) is 18.3 Å². The molecule has 0 N–H and O–H groups in total. The molecular formula is C29H33N3O3. The molecule has 1 aliphatic heterocycles. The van der Waals surface area contributed by atoms with E-state index in [-0.39, 0.29) is 36.4 Å². The number of amides is 2. The molecule has 3 aromatic rings. The minimum Gasteiger partial charge on any atom is -0.497 e. The van der Waals surface area contributed by atoms with E-state index in [9.17, 15) is 9.59 Å². The van der Waals surface area contributed by atoms with Crippen molar-refractivity contribution in [2.75, 3.05) is 18.6 Å². The van der Waals surface area contributed by atoms with Gasteiger partial charge in [-0.25, -0.2) is 0 Å². The SMILES string of the molecule is COc1ccc(C2c3cccn3-c3ccccc3N2C(=O)CN(C(=O)C2CCCC2)C(C)C)cc1. The molecule has 35 heavy (non-hydrogen) atoms. The Morgan fingerprint density at radius 1 is 0.971 bits per heavy atom. The number of hydrogen-bond acceptors (Lipinski definition) is 3. The highest BCUT2D eigenvalue weighted by molar-refractivity contribution is 6.00. The van der Waals surface area contributed by atoms with E-state index in [0.29, 0.717) is 0 Å². The van der Waals surface area contributed by atoms with Crippen LogP contribution < -0.4 is 9.64 Å². The topological polar surface area (TPSA) is 54.8 Å². The van der Waals surface area contributed by atoms with Gasteiger partial charge < -0.3 is 14.2 Å². The summed E-state index contributed by atoms with van der Waals surface area (Å²) in [6, 6.07) is 19.6. The van der Waals surface area contributed by atoms with Crippen LogP contribution in [-0.2, 0) is 9.59 Å². The normalized spacial score (nSPS) is 17.3. The molecule has 6 nitrogen and oxygen atoms in total. The van der Waals surface area contributed by atoms with Crippen molar-refractivity contribution < 1.29 is 14.3 Å². The minimum absolute atomic E-state index is 0.0356. The first-order valence-corrected chi connectivity index (χ1v) is 12.5. The van der Waals surface area contributed by atoms with Gasteiger partial charge >= 0.3 is 0 Å². The molecule has 2 aromatic carbocycles. The highest BCUT2D eigenvalue weighted by atomic mass is 16.5. The first kappa shape index (κ1) is 23.2. The summed E-state index contributed by atoms with van der Waals surface area (Å²) in [5, 5.41) is 0. The molecule has 1 unspecified atom stereocenters. The lowest BCUT2D eigenvalue weighted by Crippen LogP contribution is -2.49. The van der Waals surface area contributed by atoms with Crippen molar-refractivity contribution in [2.24, 2.45) is 5.92 Å². The van der Waals surface area contributed by atoms with E-state index < -0.39 is 0 Å². The molecule has 1 aromatic heterocycles. The summed E-state index contributed by atoms with van der Waals surface area (Å²) in [5.41, 5.74) is 3.81. The predicted molar refractivity (Wildman–Crippen MR) is 137 cm³/mol. The van der Waals surface area contributed by atoms with Crippen molar-refractivity contribution in [1.29, 1.82) is 0 Å². The summed E-state index contributed by atoms with van der Waals surface area (Å²) in [7, 11) is 1.65. The lowest BCUT2D eigenvalue weighted by atomic mass is 9.97. The lowest BCUT2D eigenvalue weighted by molar-refractivity contribution is -0.140. The van der Waals surface area contributed by atoms with Gasteiger partial charge in [0.15, 0.2) is 0 Å². The van der Waals surface area contributed by atoms with Gasteiger partial charge in [-0.1, -0.05) is 37.1 Å². The third-order valence-electron chi connectivity index (χ3n) is 7.34. The van der Waals surface area contributed by atoms with Gasteiger partial charge in [0.05, 0.1) is 24.2 Å². The Balaban J connectivity index is 1.55. The molecule has 0 bridgehead atoms. The van der Waals surface area contributed by atoms with Crippen molar-refractivity contribution >= 4 is 17.5 Å². The minimum atomic E-state index is -0.311. The van der Waals surface area contributed by atoms with E-state index in [4.69, 9.17) is 4.74 Å². The molecule has 0 radical (unpaired) electrons. The van der Waals surface area contributed by atoms with Crippen LogP contribution in [0.3, 0.4) is 0 Å². The number of fused-ring (bicyclic) bond motifs is 3. The van der Waals surface area contributed by atoms with Crippen LogP contribution in [0.5, 0.6) is 5.75 Å². The first-order chi connectivity index (χ1) is 17.0. The zero-order valence-electron chi connectivity index (χ0n) is 20.7. The molecule has 1 atom stereocenters. The Kier molecular flexibility index (Phi) is 6.37. The molecule has 1 aliphatic carbocycles. The molecule has 0 saturated heterocycles. The van der Waals surface area contributed by atoms with Crippen molar-refractivity contribution in [2.45, 2.75) is 51.6 Å². The van der Waals surface area contributed by atoms with E-state index in [1.165, 1.54) is 0 Å². The number of benzene rings is 2. The Morgan fingerprint density at radius 2 is 1.66 bits per heavy atom. The Labute approximate surface area is 207 Å². The van der Waals surface area contributed by atoms with Gasteiger partial charge in [0.25, 0.3) is 0 Å². The molecule has 2 amide bonds. The number of aromatic nitrogens is 1. The van der Waals surface area contributed by atoms with Crippen LogP contribution in [-0.4, -0.2) is 41.0 Å². The first-order valence-electron chi connectivity index (χ1n) is 12.5. The van der Waals surface area contributed by atoms with Gasteiger partial charge in [0.2, 0.25) is 11.8 Å². The fourth-order valence-corrected chi connectivity index (χ4v) is 5.51. The van der Waals surface area contributed by atoms with Crippen LogP contribution in [0.4, 0.5) is 5.69 Å². The largest absolute Gasteiger partial charge is 0.497 e. The maximum atomic E-state index is 14.1. The molecule has 182 valence electrons. The van der Waals surface area contributed by atoms with E-state index >= 15 is 0 Å². The summed E-state index contributed by atoms with van der Waals surface area (Å²) >= 11 is 0. The predicted octanol–water partition coefficient (Wildman–Crippen LogP) is 5.35. The number of carbonyl (C=O) groups excluding carboxylic acids is 2. The number of ether oxygens (including phenoxy) is 1. The number of rotatable bonds is 6. The summed E-state index contributed by atoms with van der Waals surface area (Å²) in [5.74, 6) is 0.839. The maximum absolute atomic E-state index is 14.1. The summed E-state index contributed by atoms with van der Waals surface area (Å²) in [4.78, 5) is 31.2. The number of para-hydroxylation sites is 2. The van der Waals surface area contributed by atoms with Crippen LogP contribution in [0, 0.1) is 5.92 Å². The standard InChI is InChI=1S/C29H33N3O3/c1-20(2)31(29(34)22-9-4-5-10-22)19-27(33)32-25-12-7-6-11-24(25)30-18-8-13-26(30)28(32)21-14-16-23(35-3)17-15-21/h6-8,11-18,20,22,28H,4-5,9-10,19H2,1-3H3. The highest BCUT2D eigenvalue weighted by Crippen LogP contribution is 2.42. The average molecular weight is 472 g/mol. The third-order valence-corrected chi connectivity index (χ3v) is 7.34. The fourth-order valence-electron chi connectivity index (χ4n) is 5.51. The van der Waals surface area contributed by atoms with Crippen molar-refractivity contribution in [1.82, 2.24) is 9.47 Å². The summed E-state index contributed by atoms with van der Waals surface area (Å²) < 4.78 is 7.52. The van der Waals surface area contributed by atoms with Gasteiger partial charge in [-0.2, -0.15) is 0 Å². The second kappa shape index (κ2) is 9.61. The van der Waals surface area contributed by atoms with E-state index in [0.717, 1.165) is 54.1 Å². The van der Waals surface area contributed by atoms with E-state index in [2.05, 4.69) is 10.6 Å². The smallest absolute Gasteiger partial charge is 0.247 e. The number of methoxy groups -OCH3 is 1. The zero-order chi connectivity index (χ0) is 24.5. The van der Waals surface area contributed by atoms with Crippen molar-refractivity contribution in [3.63, 3.8) is 0 Å². The highest BCUT2D eigenvalue weighted by Gasteiger charge is 2.38. The van der Waals surface area contributed by atoms with Crippen LogP contribution in [0.15, 0.2) is 66.9 Å². The fraction of sp³-hybridized carbons (Fsp3) is 0.379. The summed E-state index contributed by atoms with van der Waals surface area (Å²) in [6.07, 6.45) is 6.06. The van der Waals surface area contributed by atoms with Crippen LogP contribution in [0.1, 0.15) is 56.8 Å². The van der Waals surface area contributed by atoms with Gasteiger partial charge in [0, 0.05) is 18.2 Å².